The van der Waals surface area contributed by atoms with E-state index in [0.29, 0.717) is 10.7 Å². The molecule has 0 saturated carbocycles. The molecule has 1 heterocycles. The fourth-order valence-corrected chi connectivity index (χ4v) is 4.39. The van der Waals surface area contributed by atoms with E-state index in [4.69, 9.17) is 0 Å². The van der Waals surface area contributed by atoms with Gasteiger partial charge in [-0.05, 0) is 31.4 Å². The van der Waals surface area contributed by atoms with E-state index in [-0.39, 0.29) is 11.3 Å². The highest BCUT2D eigenvalue weighted by Crippen LogP contribution is 2.27. The Morgan fingerprint density at radius 3 is 2.71 bits per heavy atom. The van der Waals surface area contributed by atoms with Crippen LogP contribution in [-0.2, 0) is 6.42 Å². The highest BCUT2D eigenvalue weighted by Gasteiger charge is 2.19. The summed E-state index contributed by atoms with van der Waals surface area (Å²) in [5.74, 6) is 0.472. The lowest BCUT2D eigenvalue weighted by molar-refractivity contribution is -0.385. The van der Waals surface area contributed by atoms with Gasteiger partial charge in [0.2, 0.25) is 5.13 Å². The zero-order valence-corrected chi connectivity index (χ0v) is 16.8. The van der Waals surface area contributed by atoms with Crippen molar-refractivity contribution >= 4 is 39.8 Å². The second-order valence-corrected chi connectivity index (χ2v) is 8.29. The normalized spacial score (nSPS) is 10.6. The quantitative estimate of drug-likeness (QED) is 0.188. The van der Waals surface area contributed by atoms with Crippen molar-refractivity contribution in [2.45, 2.75) is 24.1 Å². The largest absolute Gasteiger partial charge is 0.296 e. The maximum absolute atomic E-state index is 12.4. The predicted octanol–water partition coefficient (Wildman–Crippen LogP) is 4.73. The van der Waals surface area contributed by atoms with E-state index < -0.39 is 10.8 Å². The molecule has 3 rings (SSSR count). The number of nitrogens with zero attached hydrogens (tertiary/aromatic N) is 3. The van der Waals surface area contributed by atoms with Crippen molar-refractivity contribution in [3.05, 3.63) is 75.3 Å². The first-order valence-electron chi connectivity index (χ1n) is 8.60. The smallest absolute Gasteiger partial charge is 0.273 e. The summed E-state index contributed by atoms with van der Waals surface area (Å²) in [6.07, 6.45) is 2.02. The second-order valence-electron chi connectivity index (χ2n) is 5.97. The van der Waals surface area contributed by atoms with Crippen molar-refractivity contribution in [3.8, 4) is 0 Å². The Bertz CT molecular complexity index is 976. The van der Waals surface area contributed by atoms with Crippen LogP contribution >= 0.6 is 23.1 Å². The molecule has 0 aliphatic rings. The first kappa shape index (κ1) is 20.0. The summed E-state index contributed by atoms with van der Waals surface area (Å²) in [6, 6.07) is 14.7. The fraction of sp³-hybridized carbons (Fsp3) is 0.211. The number of rotatable bonds is 8. The molecule has 0 radical (unpaired) electrons. The van der Waals surface area contributed by atoms with Gasteiger partial charge in [0.1, 0.15) is 0 Å². The van der Waals surface area contributed by atoms with Gasteiger partial charge in [0.05, 0.1) is 4.92 Å². The van der Waals surface area contributed by atoms with Crippen LogP contribution in [-0.4, -0.2) is 26.8 Å². The van der Waals surface area contributed by atoms with Gasteiger partial charge in [-0.2, -0.15) is 0 Å². The molecule has 0 fully saturated rings. The van der Waals surface area contributed by atoms with Crippen molar-refractivity contribution in [3.63, 3.8) is 0 Å². The highest BCUT2D eigenvalue weighted by molar-refractivity contribution is 8.01. The average Bonchev–Trinajstić information content (AvgIpc) is 3.13. The van der Waals surface area contributed by atoms with Crippen molar-refractivity contribution < 1.29 is 9.72 Å². The van der Waals surface area contributed by atoms with Gasteiger partial charge in [0.15, 0.2) is 4.34 Å². The van der Waals surface area contributed by atoms with Crippen molar-refractivity contribution in [2.75, 3.05) is 11.1 Å². The number of aromatic nitrogens is 2. The SMILES string of the molecule is Cc1c(C(=O)Nc2nnc(SCCCc3ccccc3)s2)cccc1[N+](=O)[O-]. The molecule has 28 heavy (non-hydrogen) atoms. The minimum Gasteiger partial charge on any atom is -0.296 e. The summed E-state index contributed by atoms with van der Waals surface area (Å²) in [7, 11) is 0. The van der Waals surface area contributed by atoms with Crippen LogP contribution in [0.3, 0.4) is 0 Å². The molecule has 7 nitrogen and oxygen atoms in total. The standard InChI is InChI=1S/C19H18N4O3S2/c1-13-15(10-5-11-16(13)23(25)26)17(24)20-18-21-22-19(28-18)27-12-6-9-14-7-3-2-4-8-14/h2-5,7-8,10-11H,6,9,12H2,1H3,(H,20,21,24). The first-order valence-corrected chi connectivity index (χ1v) is 10.4. The van der Waals surface area contributed by atoms with Crippen LogP contribution in [0.15, 0.2) is 52.9 Å². The lowest BCUT2D eigenvalue weighted by Gasteiger charge is -2.05. The Hall–Kier alpha value is -2.78. The zero-order valence-electron chi connectivity index (χ0n) is 15.1. The van der Waals surface area contributed by atoms with E-state index in [2.05, 4.69) is 27.6 Å². The van der Waals surface area contributed by atoms with Gasteiger partial charge in [-0.1, -0.05) is 59.5 Å². The molecule has 0 bridgehead atoms. The first-order chi connectivity index (χ1) is 13.5. The molecule has 1 N–H and O–H groups in total. The summed E-state index contributed by atoms with van der Waals surface area (Å²) < 4.78 is 0.777. The number of amides is 1. The fourth-order valence-electron chi connectivity index (χ4n) is 2.63. The molecular formula is C19H18N4O3S2. The van der Waals surface area contributed by atoms with Gasteiger partial charge in [-0.3, -0.25) is 20.2 Å². The molecule has 3 aromatic rings. The van der Waals surface area contributed by atoms with E-state index >= 15 is 0 Å². The third kappa shape index (κ3) is 5.14. The number of hydrogen-bond donors (Lipinski definition) is 1. The van der Waals surface area contributed by atoms with E-state index in [9.17, 15) is 14.9 Å². The number of carbonyl (C=O) groups excluding carboxylic acids is 1. The van der Waals surface area contributed by atoms with Crippen molar-refractivity contribution in [2.24, 2.45) is 0 Å². The monoisotopic (exact) mass is 414 g/mol. The Morgan fingerprint density at radius 1 is 1.18 bits per heavy atom. The molecule has 2 aromatic carbocycles. The molecule has 1 aromatic heterocycles. The summed E-state index contributed by atoms with van der Waals surface area (Å²) in [5.41, 5.74) is 1.80. The van der Waals surface area contributed by atoms with Crippen LogP contribution in [0.2, 0.25) is 0 Å². The molecule has 0 atom stereocenters. The second kappa shape index (κ2) is 9.43. The number of hydrogen-bond acceptors (Lipinski definition) is 7. The number of carbonyl (C=O) groups is 1. The number of nitro benzene ring substituents is 1. The summed E-state index contributed by atoms with van der Waals surface area (Å²) in [6.45, 7) is 1.56. The lowest BCUT2D eigenvalue weighted by atomic mass is 10.1. The Balaban J connectivity index is 1.54. The van der Waals surface area contributed by atoms with Crippen LogP contribution in [0.4, 0.5) is 10.8 Å². The van der Waals surface area contributed by atoms with Crippen LogP contribution in [0, 0.1) is 17.0 Å². The number of nitro groups is 1. The molecule has 0 unspecified atom stereocenters. The molecule has 0 saturated heterocycles. The zero-order chi connectivity index (χ0) is 19.9. The topological polar surface area (TPSA) is 98.0 Å². The summed E-state index contributed by atoms with van der Waals surface area (Å²) in [4.78, 5) is 23.0. The van der Waals surface area contributed by atoms with Crippen LogP contribution < -0.4 is 5.32 Å². The third-order valence-electron chi connectivity index (χ3n) is 4.05. The van der Waals surface area contributed by atoms with E-state index in [1.807, 2.05) is 18.2 Å². The van der Waals surface area contributed by atoms with Crippen molar-refractivity contribution in [1.82, 2.24) is 10.2 Å². The lowest BCUT2D eigenvalue weighted by Crippen LogP contribution is -2.14. The molecule has 144 valence electrons. The van der Waals surface area contributed by atoms with Crippen molar-refractivity contribution in [1.29, 1.82) is 0 Å². The average molecular weight is 415 g/mol. The Kier molecular flexibility index (Phi) is 6.72. The Morgan fingerprint density at radius 2 is 1.96 bits per heavy atom. The molecule has 9 heteroatoms. The number of benzene rings is 2. The van der Waals surface area contributed by atoms with Crippen LogP contribution in [0.5, 0.6) is 0 Å². The van der Waals surface area contributed by atoms with Gasteiger partial charge in [0, 0.05) is 22.9 Å². The Labute approximate surface area is 170 Å². The van der Waals surface area contributed by atoms with Crippen LogP contribution in [0.25, 0.3) is 0 Å². The van der Waals surface area contributed by atoms with E-state index in [1.165, 1.54) is 29.0 Å². The van der Waals surface area contributed by atoms with E-state index in [0.717, 1.165) is 22.9 Å². The predicted molar refractivity (Wildman–Crippen MR) is 111 cm³/mol. The van der Waals surface area contributed by atoms with Crippen LogP contribution in [0.1, 0.15) is 27.9 Å². The molecular weight excluding hydrogens is 396 g/mol. The van der Waals surface area contributed by atoms with Gasteiger partial charge < -0.3 is 0 Å². The summed E-state index contributed by atoms with van der Waals surface area (Å²) >= 11 is 2.89. The molecule has 0 spiro atoms. The number of nitrogens with one attached hydrogen (secondary N) is 1. The minimum absolute atomic E-state index is 0.0837. The number of aryl methyl sites for hydroxylation is 1. The third-order valence-corrected chi connectivity index (χ3v) is 6.11. The molecule has 1 amide bonds. The molecule has 0 aliphatic carbocycles. The van der Waals surface area contributed by atoms with Gasteiger partial charge in [-0.25, -0.2) is 0 Å². The minimum atomic E-state index is -0.499. The van der Waals surface area contributed by atoms with Gasteiger partial charge in [-0.15, -0.1) is 10.2 Å². The number of thioether (sulfide) groups is 1. The summed E-state index contributed by atoms with van der Waals surface area (Å²) in [5, 5.41) is 22.1. The number of anilines is 1. The van der Waals surface area contributed by atoms with Gasteiger partial charge >= 0.3 is 0 Å². The maximum Gasteiger partial charge on any atom is 0.273 e. The van der Waals surface area contributed by atoms with E-state index in [1.54, 1.807) is 24.8 Å². The maximum atomic E-state index is 12.4. The van der Waals surface area contributed by atoms with Gasteiger partial charge in [0.25, 0.3) is 11.6 Å². The highest BCUT2D eigenvalue weighted by atomic mass is 32.2. The molecule has 0 aliphatic heterocycles.